The first-order valence-corrected chi connectivity index (χ1v) is 4.78. The van der Waals surface area contributed by atoms with Gasteiger partial charge in [-0.25, -0.2) is 9.18 Å². The van der Waals surface area contributed by atoms with E-state index in [0.717, 1.165) is 12.1 Å². The molecule has 7 heteroatoms. The highest BCUT2D eigenvalue weighted by atomic mass is 19.4. The Hall–Kier alpha value is -1.79. The fourth-order valence-corrected chi connectivity index (χ4v) is 1.63. The summed E-state index contributed by atoms with van der Waals surface area (Å²) in [4.78, 5) is 10.9. The molecule has 0 saturated carbocycles. The van der Waals surface area contributed by atoms with Gasteiger partial charge in [-0.05, 0) is 23.8 Å². The highest BCUT2D eigenvalue weighted by molar-refractivity contribution is 5.76. The summed E-state index contributed by atoms with van der Waals surface area (Å²) in [7, 11) is 0. The Morgan fingerprint density at radius 1 is 1.24 bits per heavy atom. The van der Waals surface area contributed by atoms with Crippen LogP contribution in [0.25, 0.3) is 0 Å². The lowest BCUT2D eigenvalue weighted by atomic mass is 10.0. The number of amides is 2. The van der Waals surface area contributed by atoms with Crippen molar-refractivity contribution < 1.29 is 22.4 Å². The summed E-state index contributed by atoms with van der Waals surface area (Å²) in [5.74, 6) is -0.976. The van der Waals surface area contributed by atoms with Crippen molar-refractivity contribution in [2.24, 2.45) is 0 Å². The summed E-state index contributed by atoms with van der Waals surface area (Å²) in [6.07, 6.45) is -4.60. The maximum Gasteiger partial charge on any atom is 0.416 e. The maximum absolute atomic E-state index is 13.1. The molecule has 3 nitrogen and oxygen atoms in total. The zero-order chi connectivity index (χ0) is 12.6. The standard InChI is InChI=1S/C10H8F4N2O/c11-7-2-5(8-4-15-9(17)16-8)1-6(3-7)10(12,13)14/h1-3,8H,4H2,(H2,15,16,17)/t8-/m1/s1. The predicted octanol–water partition coefficient (Wildman–Crippen LogP) is 2.20. The predicted molar refractivity (Wildman–Crippen MR) is 50.7 cm³/mol. The molecule has 2 amide bonds. The van der Waals surface area contributed by atoms with Gasteiger partial charge in [0, 0.05) is 6.54 Å². The van der Waals surface area contributed by atoms with Crippen molar-refractivity contribution in [3.05, 3.63) is 35.1 Å². The zero-order valence-electron chi connectivity index (χ0n) is 8.44. The molecule has 2 N–H and O–H groups in total. The van der Waals surface area contributed by atoms with Gasteiger partial charge in [0.15, 0.2) is 0 Å². The highest BCUT2D eigenvalue weighted by Crippen LogP contribution is 2.31. The molecular weight excluding hydrogens is 240 g/mol. The van der Waals surface area contributed by atoms with Crippen molar-refractivity contribution >= 4 is 6.03 Å². The minimum atomic E-state index is -4.60. The van der Waals surface area contributed by atoms with E-state index in [0.29, 0.717) is 6.07 Å². The summed E-state index contributed by atoms with van der Waals surface area (Å²) in [6, 6.07) is 1.12. The van der Waals surface area contributed by atoms with Gasteiger partial charge in [-0.1, -0.05) is 0 Å². The minimum Gasteiger partial charge on any atom is -0.336 e. The number of carbonyl (C=O) groups excluding carboxylic acids is 1. The number of alkyl halides is 3. The molecule has 1 aromatic rings. The van der Waals surface area contributed by atoms with Gasteiger partial charge >= 0.3 is 12.2 Å². The Morgan fingerprint density at radius 3 is 2.47 bits per heavy atom. The van der Waals surface area contributed by atoms with Crippen LogP contribution in [0, 0.1) is 5.82 Å². The van der Waals surface area contributed by atoms with E-state index in [1.54, 1.807) is 0 Å². The molecule has 1 saturated heterocycles. The van der Waals surface area contributed by atoms with Gasteiger partial charge in [-0.3, -0.25) is 0 Å². The molecule has 0 radical (unpaired) electrons. The van der Waals surface area contributed by atoms with Crippen molar-refractivity contribution in [2.45, 2.75) is 12.2 Å². The second-order valence-corrected chi connectivity index (χ2v) is 3.68. The van der Waals surface area contributed by atoms with Crippen LogP contribution in [0.2, 0.25) is 0 Å². The summed E-state index contributed by atoms with van der Waals surface area (Å²) in [5.41, 5.74) is -0.968. The van der Waals surface area contributed by atoms with Crippen LogP contribution >= 0.6 is 0 Å². The molecule has 92 valence electrons. The van der Waals surface area contributed by atoms with Crippen LogP contribution in [-0.2, 0) is 6.18 Å². The molecule has 17 heavy (non-hydrogen) atoms. The fraction of sp³-hybridized carbons (Fsp3) is 0.300. The van der Waals surface area contributed by atoms with E-state index < -0.39 is 29.6 Å². The lowest BCUT2D eigenvalue weighted by molar-refractivity contribution is -0.137. The van der Waals surface area contributed by atoms with Crippen molar-refractivity contribution in [3.8, 4) is 0 Å². The van der Waals surface area contributed by atoms with Crippen LogP contribution in [-0.4, -0.2) is 12.6 Å². The Labute approximate surface area is 93.8 Å². The average molecular weight is 248 g/mol. The molecule has 0 aromatic heterocycles. The van der Waals surface area contributed by atoms with Crippen LogP contribution in [0.1, 0.15) is 17.2 Å². The first-order chi connectivity index (χ1) is 7.86. The lowest BCUT2D eigenvalue weighted by Crippen LogP contribution is -2.22. The lowest BCUT2D eigenvalue weighted by Gasteiger charge is -2.13. The minimum absolute atomic E-state index is 0.0932. The number of hydrogen-bond donors (Lipinski definition) is 2. The molecule has 1 aliphatic rings. The number of urea groups is 1. The van der Waals surface area contributed by atoms with Crippen LogP contribution in [0.5, 0.6) is 0 Å². The first-order valence-electron chi connectivity index (χ1n) is 4.78. The molecule has 1 atom stereocenters. The molecule has 1 aliphatic heterocycles. The molecule has 2 rings (SSSR count). The van der Waals surface area contributed by atoms with Gasteiger partial charge in [0.05, 0.1) is 11.6 Å². The summed E-state index contributed by atoms with van der Waals surface area (Å²) in [6.45, 7) is 0.138. The Bertz CT molecular complexity index is 458. The molecule has 0 bridgehead atoms. The normalized spacial score (nSPS) is 20.0. The van der Waals surface area contributed by atoms with Gasteiger partial charge < -0.3 is 10.6 Å². The quantitative estimate of drug-likeness (QED) is 0.735. The average Bonchev–Trinajstić information content (AvgIpc) is 2.62. The maximum atomic E-state index is 13.1. The van der Waals surface area contributed by atoms with E-state index in [9.17, 15) is 22.4 Å². The zero-order valence-corrected chi connectivity index (χ0v) is 8.44. The number of halogens is 4. The molecule has 0 unspecified atom stereocenters. The largest absolute Gasteiger partial charge is 0.416 e. The Balaban J connectivity index is 2.35. The van der Waals surface area contributed by atoms with Gasteiger partial charge in [0.2, 0.25) is 0 Å². The molecular formula is C10H8F4N2O. The first kappa shape index (κ1) is 11.7. The van der Waals surface area contributed by atoms with Crippen molar-refractivity contribution in [3.63, 3.8) is 0 Å². The van der Waals surface area contributed by atoms with E-state index in [-0.39, 0.29) is 12.1 Å². The van der Waals surface area contributed by atoms with E-state index in [4.69, 9.17) is 0 Å². The second-order valence-electron chi connectivity index (χ2n) is 3.68. The third kappa shape index (κ3) is 2.48. The van der Waals surface area contributed by atoms with Crippen molar-refractivity contribution in [2.75, 3.05) is 6.54 Å². The number of hydrogen-bond acceptors (Lipinski definition) is 1. The third-order valence-electron chi connectivity index (χ3n) is 2.42. The molecule has 1 fully saturated rings. The van der Waals surface area contributed by atoms with Gasteiger partial charge in [-0.2, -0.15) is 13.2 Å². The van der Waals surface area contributed by atoms with E-state index in [1.165, 1.54) is 0 Å². The molecule has 0 spiro atoms. The Morgan fingerprint density at radius 2 is 1.94 bits per heavy atom. The molecule has 0 aliphatic carbocycles. The topological polar surface area (TPSA) is 41.1 Å². The van der Waals surface area contributed by atoms with E-state index >= 15 is 0 Å². The van der Waals surface area contributed by atoms with Crippen molar-refractivity contribution in [1.82, 2.24) is 10.6 Å². The van der Waals surface area contributed by atoms with Crippen LogP contribution < -0.4 is 10.6 Å². The Kier molecular flexibility index (Phi) is 2.68. The van der Waals surface area contributed by atoms with E-state index in [2.05, 4.69) is 10.6 Å². The fourth-order valence-electron chi connectivity index (χ4n) is 1.63. The van der Waals surface area contributed by atoms with Gasteiger partial charge in [-0.15, -0.1) is 0 Å². The summed E-state index contributed by atoms with van der Waals surface area (Å²) >= 11 is 0. The van der Waals surface area contributed by atoms with Crippen LogP contribution in [0.15, 0.2) is 18.2 Å². The second kappa shape index (κ2) is 3.90. The monoisotopic (exact) mass is 248 g/mol. The van der Waals surface area contributed by atoms with Gasteiger partial charge in [0.25, 0.3) is 0 Å². The van der Waals surface area contributed by atoms with Crippen LogP contribution in [0.4, 0.5) is 22.4 Å². The summed E-state index contributed by atoms with van der Waals surface area (Å²) in [5, 5.41) is 4.78. The molecule has 1 aromatic carbocycles. The highest BCUT2D eigenvalue weighted by Gasteiger charge is 2.32. The number of nitrogens with one attached hydrogen (secondary N) is 2. The van der Waals surface area contributed by atoms with Crippen molar-refractivity contribution in [1.29, 1.82) is 0 Å². The van der Waals surface area contributed by atoms with Crippen LogP contribution in [0.3, 0.4) is 0 Å². The number of benzene rings is 1. The summed E-state index contributed by atoms with van der Waals surface area (Å²) < 4.78 is 50.4. The third-order valence-corrected chi connectivity index (χ3v) is 2.42. The molecule has 1 heterocycles. The SMILES string of the molecule is O=C1NC[C@H](c2cc(F)cc(C(F)(F)F)c2)N1. The van der Waals surface area contributed by atoms with Gasteiger partial charge in [0.1, 0.15) is 5.82 Å². The number of carbonyl (C=O) groups is 1. The smallest absolute Gasteiger partial charge is 0.336 e. The number of rotatable bonds is 1. The van der Waals surface area contributed by atoms with E-state index in [1.807, 2.05) is 0 Å².